The van der Waals surface area contributed by atoms with E-state index in [1.165, 1.54) is 13.0 Å². The van der Waals surface area contributed by atoms with E-state index in [0.717, 1.165) is 12.1 Å². The van der Waals surface area contributed by atoms with Crippen LogP contribution >= 0.6 is 24.2 Å². The van der Waals surface area contributed by atoms with E-state index in [-0.39, 0.29) is 44.9 Å². The summed E-state index contributed by atoms with van der Waals surface area (Å²) in [5, 5.41) is 17.7. The number of carbonyl (C=O) groups is 1. The van der Waals surface area contributed by atoms with E-state index in [0.29, 0.717) is 6.29 Å². The van der Waals surface area contributed by atoms with Gasteiger partial charge in [0.2, 0.25) is 0 Å². The van der Waals surface area contributed by atoms with Crippen LogP contribution < -0.4 is 0 Å². The highest BCUT2D eigenvalue weighted by atomic mass is 35.5. The normalized spacial score (nSPS) is 11.8. The third-order valence-electron chi connectivity index (χ3n) is 3.21. The number of pyridine rings is 1. The number of rotatable bonds is 5. The number of aromatic nitrogens is 1. The largest absolute Gasteiger partial charge is 0.505 e. The van der Waals surface area contributed by atoms with Gasteiger partial charge in [-0.05, 0) is 25.1 Å². The van der Waals surface area contributed by atoms with Crippen molar-refractivity contribution < 1.29 is 22.9 Å². The second-order valence-corrected chi connectivity index (χ2v) is 6.97. The first kappa shape index (κ1) is 19.3. The van der Waals surface area contributed by atoms with Gasteiger partial charge in [-0.1, -0.05) is 11.6 Å². The molecule has 0 bridgehead atoms. The van der Waals surface area contributed by atoms with Gasteiger partial charge in [-0.2, -0.15) is 21.0 Å². The summed E-state index contributed by atoms with van der Waals surface area (Å²) in [6, 6.07) is 3.39. The number of carbonyl (C=O) groups excluding carboxylic acids is 1. The second-order valence-electron chi connectivity index (χ2n) is 4.83. The summed E-state index contributed by atoms with van der Waals surface area (Å²) in [5.74, 6) is -0.188. The molecule has 2 aromatic rings. The van der Waals surface area contributed by atoms with Gasteiger partial charge in [-0.3, -0.25) is 9.35 Å². The molecule has 0 spiro atoms. The molecular weight excluding hydrogens is 390 g/mol. The fourth-order valence-corrected chi connectivity index (χ4v) is 2.90. The van der Waals surface area contributed by atoms with Crippen LogP contribution in [0.2, 0.25) is 5.02 Å². The molecule has 1 aromatic heterocycles. The average molecular weight is 402 g/mol. The minimum absolute atomic E-state index is 0.00534. The fraction of sp³-hybridized carbons (Fsp3) is 0.143. The number of thiol groups is 1. The molecule has 11 heteroatoms. The Morgan fingerprint density at radius 3 is 2.60 bits per heavy atom. The lowest BCUT2D eigenvalue weighted by molar-refractivity contribution is 0.112. The SMILES string of the molecule is Cc1nc(N=Nc2cc(S(=O)(=O)O)ccc2Cl)c(CS)c(C=O)c1O. The predicted octanol–water partition coefficient (Wildman–Crippen LogP) is 3.65. The van der Waals surface area contributed by atoms with Crippen molar-refractivity contribution in [1.29, 1.82) is 0 Å². The Morgan fingerprint density at radius 2 is 2.04 bits per heavy atom. The highest BCUT2D eigenvalue weighted by Crippen LogP contribution is 2.33. The van der Waals surface area contributed by atoms with E-state index in [4.69, 9.17) is 16.2 Å². The Hall–Kier alpha value is -2.01. The molecule has 2 rings (SSSR count). The number of benzene rings is 1. The average Bonchev–Trinajstić information content (AvgIpc) is 2.55. The predicted molar refractivity (Wildman–Crippen MR) is 94.2 cm³/mol. The molecule has 0 aliphatic carbocycles. The summed E-state index contributed by atoms with van der Waals surface area (Å²) in [4.78, 5) is 14.8. The number of nitrogens with zero attached hydrogens (tertiary/aromatic N) is 3. The van der Waals surface area contributed by atoms with Crippen LogP contribution in [0.15, 0.2) is 33.3 Å². The highest BCUT2D eigenvalue weighted by molar-refractivity contribution is 7.85. The zero-order valence-electron chi connectivity index (χ0n) is 12.7. The third kappa shape index (κ3) is 4.15. The van der Waals surface area contributed by atoms with Gasteiger partial charge in [0, 0.05) is 11.3 Å². The van der Waals surface area contributed by atoms with Gasteiger partial charge >= 0.3 is 0 Å². The molecule has 0 aliphatic heterocycles. The Labute approximate surface area is 153 Å². The van der Waals surface area contributed by atoms with Gasteiger partial charge in [0.1, 0.15) is 11.4 Å². The van der Waals surface area contributed by atoms with Crippen LogP contribution in [0.5, 0.6) is 5.75 Å². The van der Waals surface area contributed by atoms with Crippen molar-refractivity contribution in [2.24, 2.45) is 10.2 Å². The molecule has 1 aromatic carbocycles. The maximum atomic E-state index is 11.2. The van der Waals surface area contributed by atoms with E-state index in [1.54, 1.807) is 0 Å². The summed E-state index contributed by atoms with van der Waals surface area (Å²) >= 11 is 10.0. The smallest absolute Gasteiger partial charge is 0.294 e. The van der Waals surface area contributed by atoms with Gasteiger partial charge in [0.05, 0.1) is 21.2 Å². The number of azo groups is 1. The van der Waals surface area contributed by atoms with Crippen LogP contribution in [-0.4, -0.2) is 29.3 Å². The van der Waals surface area contributed by atoms with Crippen LogP contribution in [0.1, 0.15) is 21.6 Å². The molecule has 0 amide bonds. The lowest BCUT2D eigenvalue weighted by Crippen LogP contribution is -1.97. The van der Waals surface area contributed by atoms with Gasteiger partial charge in [-0.25, -0.2) is 4.98 Å². The van der Waals surface area contributed by atoms with E-state index >= 15 is 0 Å². The minimum atomic E-state index is -4.43. The first-order chi connectivity index (χ1) is 11.7. The fourth-order valence-electron chi connectivity index (χ4n) is 1.93. The van der Waals surface area contributed by atoms with Crippen molar-refractivity contribution >= 4 is 52.1 Å². The molecule has 0 saturated carbocycles. The van der Waals surface area contributed by atoms with Gasteiger partial charge < -0.3 is 5.11 Å². The van der Waals surface area contributed by atoms with Crippen LogP contribution in [-0.2, 0) is 15.9 Å². The quantitative estimate of drug-likeness (QED) is 0.303. The standard InChI is InChI=1S/C14H12ClN3O5S2/c1-7-13(20)9(5-19)10(6-24)14(16-7)18-17-12-4-8(25(21,22)23)2-3-11(12)15/h2-5,20,24H,6H2,1H3,(H,21,22,23). The van der Waals surface area contributed by atoms with Crippen LogP contribution in [0.3, 0.4) is 0 Å². The van der Waals surface area contributed by atoms with Gasteiger partial charge in [-0.15, -0.1) is 10.2 Å². The number of hydrogen-bond acceptors (Lipinski definition) is 8. The Kier molecular flexibility index (Phi) is 5.78. The zero-order valence-corrected chi connectivity index (χ0v) is 15.2. The number of aryl methyl sites for hydroxylation is 1. The van der Waals surface area contributed by atoms with Crippen LogP contribution in [0.4, 0.5) is 11.5 Å². The summed E-state index contributed by atoms with van der Waals surface area (Å²) in [6.45, 7) is 1.48. The molecule has 0 atom stereocenters. The number of halogens is 1. The molecule has 1 heterocycles. The first-order valence-electron chi connectivity index (χ1n) is 6.66. The number of hydrogen-bond donors (Lipinski definition) is 3. The van der Waals surface area contributed by atoms with Crippen molar-refractivity contribution in [3.8, 4) is 5.75 Å². The van der Waals surface area contributed by atoms with Crippen LogP contribution in [0, 0.1) is 6.92 Å². The molecule has 0 unspecified atom stereocenters. The zero-order chi connectivity index (χ0) is 18.8. The molecule has 25 heavy (non-hydrogen) atoms. The Morgan fingerprint density at radius 1 is 1.36 bits per heavy atom. The summed E-state index contributed by atoms with van der Waals surface area (Å²) in [6.07, 6.45) is 0.459. The molecule has 8 nitrogen and oxygen atoms in total. The van der Waals surface area contributed by atoms with Gasteiger partial charge in [0.15, 0.2) is 12.1 Å². The monoisotopic (exact) mass is 401 g/mol. The van der Waals surface area contributed by atoms with E-state index in [1.807, 2.05) is 0 Å². The van der Waals surface area contributed by atoms with Crippen LogP contribution in [0.25, 0.3) is 0 Å². The number of aromatic hydroxyl groups is 1. The lowest BCUT2D eigenvalue weighted by Gasteiger charge is -2.09. The summed E-state index contributed by atoms with van der Waals surface area (Å²) in [7, 11) is -4.43. The molecule has 0 fully saturated rings. The summed E-state index contributed by atoms with van der Waals surface area (Å²) < 4.78 is 31.5. The minimum Gasteiger partial charge on any atom is -0.505 e. The maximum Gasteiger partial charge on any atom is 0.294 e. The van der Waals surface area contributed by atoms with E-state index < -0.39 is 15.0 Å². The topological polar surface area (TPSA) is 129 Å². The van der Waals surface area contributed by atoms with Crippen molar-refractivity contribution in [2.45, 2.75) is 17.6 Å². The maximum absolute atomic E-state index is 11.2. The third-order valence-corrected chi connectivity index (χ3v) is 4.70. The second kappa shape index (κ2) is 7.48. The van der Waals surface area contributed by atoms with Crippen molar-refractivity contribution in [1.82, 2.24) is 4.98 Å². The number of aldehydes is 1. The van der Waals surface area contributed by atoms with Crippen molar-refractivity contribution in [2.75, 3.05) is 0 Å². The summed E-state index contributed by atoms with van der Waals surface area (Å²) in [5.41, 5.74) is 0.392. The molecule has 0 saturated heterocycles. The molecule has 132 valence electrons. The Balaban J connectivity index is 2.57. The van der Waals surface area contributed by atoms with Crippen molar-refractivity contribution in [3.63, 3.8) is 0 Å². The highest BCUT2D eigenvalue weighted by Gasteiger charge is 2.17. The molecule has 0 radical (unpaired) electrons. The molecule has 0 aliphatic rings. The van der Waals surface area contributed by atoms with E-state index in [2.05, 4.69) is 27.8 Å². The van der Waals surface area contributed by atoms with Crippen molar-refractivity contribution in [3.05, 3.63) is 40.0 Å². The lowest BCUT2D eigenvalue weighted by atomic mass is 10.1. The first-order valence-corrected chi connectivity index (χ1v) is 9.11. The Bertz CT molecular complexity index is 977. The molecule has 2 N–H and O–H groups in total. The van der Waals surface area contributed by atoms with E-state index in [9.17, 15) is 18.3 Å². The molecular formula is C14H12ClN3O5S2. The van der Waals surface area contributed by atoms with Gasteiger partial charge in [0.25, 0.3) is 10.1 Å².